The summed E-state index contributed by atoms with van der Waals surface area (Å²) in [5.74, 6) is 1.14. The lowest BCUT2D eigenvalue weighted by molar-refractivity contribution is 0.101. The van der Waals surface area contributed by atoms with E-state index in [2.05, 4.69) is 42.7 Å². The molecular weight excluding hydrogens is 254 g/mol. The maximum absolute atomic E-state index is 5.67. The Hall–Kier alpha value is -0.510. The third-order valence-corrected chi connectivity index (χ3v) is 4.88. The van der Waals surface area contributed by atoms with E-state index in [0.717, 1.165) is 12.4 Å². The summed E-state index contributed by atoms with van der Waals surface area (Å²) in [7, 11) is 2.07. The van der Waals surface area contributed by atoms with Gasteiger partial charge in [0.05, 0.1) is 6.10 Å². The van der Waals surface area contributed by atoms with E-state index in [9.17, 15) is 0 Å². The number of rotatable bonds is 8. The molecule has 1 fully saturated rings. The predicted octanol–water partition coefficient (Wildman–Crippen LogP) is 3.72. The first-order valence-corrected chi connectivity index (χ1v) is 8.34. The van der Waals surface area contributed by atoms with Gasteiger partial charge in [-0.05, 0) is 51.3 Å². The topological polar surface area (TPSA) is 21.3 Å². The van der Waals surface area contributed by atoms with Crippen LogP contribution in [0.5, 0.6) is 0 Å². The number of ether oxygens (including phenoxy) is 1. The summed E-state index contributed by atoms with van der Waals surface area (Å²) < 4.78 is 5.67. The van der Waals surface area contributed by atoms with Crippen LogP contribution in [0.3, 0.4) is 0 Å². The van der Waals surface area contributed by atoms with Gasteiger partial charge in [0, 0.05) is 23.3 Å². The van der Waals surface area contributed by atoms with Gasteiger partial charge in [-0.3, -0.25) is 0 Å². The first-order chi connectivity index (χ1) is 9.38. The molecule has 2 atom stereocenters. The summed E-state index contributed by atoms with van der Waals surface area (Å²) in [5.41, 5.74) is 0. The standard InChI is InChI=1S/C16H25NOS/c1-17-14(7-5-8-15-9-6-12-18-15)13-19-16-10-3-2-4-11-16/h2-4,10-11,14-15,17H,5-9,12-13H2,1H3. The van der Waals surface area contributed by atoms with Crippen LogP contribution >= 0.6 is 11.8 Å². The van der Waals surface area contributed by atoms with E-state index in [0.29, 0.717) is 12.1 Å². The zero-order chi connectivity index (χ0) is 13.3. The number of hydrogen-bond acceptors (Lipinski definition) is 3. The quantitative estimate of drug-likeness (QED) is 0.733. The summed E-state index contributed by atoms with van der Waals surface area (Å²) in [6, 6.07) is 11.3. The van der Waals surface area contributed by atoms with Gasteiger partial charge in [-0.2, -0.15) is 0 Å². The molecule has 1 N–H and O–H groups in total. The molecule has 1 aromatic carbocycles. The number of thioether (sulfide) groups is 1. The van der Waals surface area contributed by atoms with Gasteiger partial charge in [0.25, 0.3) is 0 Å². The Bertz CT molecular complexity index is 338. The normalized spacial score (nSPS) is 20.6. The Kier molecular flexibility index (Phi) is 6.75. The molecule has 1 saturated heterocycles. The van der Waals surface area contributed by atoms with Crippen molar-refractivity contribution in [2.24, 2.45) is 0 Å². The fraction of sp³-hybridized carbons (Fsp3) is 0.625. The van der Waals surface area contributed by atoms with Crippen molar-refractivity contribution in [2.45, 2.75) is 49.1 Å². The minimum absolute atomic E-state index is 0.541. The third kappa shape index (κ3) is 5.55. The van der Waals surface area contributed by atoms with Gasteiger partial charge in [0.15, 0.2) is 0 Å². The maximum Gasteiger partial charge on any atom is 0.0576 e. The molecule has 1 aliphatic rings. The largest absolute Gasteiger partial charge is 0.378 e. The van der Waals surface area contributed by atoms with Crippen molar-refractivity contribution in [2.75, 3.05) is 19.4 Å². The second-order valence-corrected chi connectivity index (χ2v) is 6.27. The molecule has 0 bridgehead atoms. The van der Waals surface area contributed by atoms with Gasteiger partial charge >= 0.3 is 0 Å². The Morgan fingerprint density at radius 1 is 1.37 bits per heavy atom. The van der Waals surface area contributed by atoms with Gasteiger partial charge in [-0.1, -0.05) is 18.2 Å². The van der Waals surface area contributed by atoms with Crippen molar-refractivity contribution in [3.05, 3.63) is 30.3 Å². The van der Waals surface area contributed by atoms with Crippen molar-refractivity contribution in [1.82, 2.24) is 5.32 Å². The van der Waals surface area contributed by atoms with E-state index in [4.69, 9.17) is 4.74 Å². The number of nitrogens with one attached hydrogen (secondary N) is 1. The highest BCUT2D eigenvalue weighted by Gasteiger charge is 2.15. The molecule has 2 unspecified atom stereocenters. The minimum Gasteiger partial charge on any atom is -0.378 e. The molecule has 2 nitrogen and oxygen atoms in total. The highest BCUT2D eigenvalue weighted by Crippen LogP contribution is 2.21. The van der Waals surface area contributed by atoms with Crippen LogP contribution in [0.15, 0.2) is 35.2 Å². The predicted molar refractivity (Wildman–Crippen MR) is 82.8 cm³/mol. The summed E-state index contributed by atoms with van der Waals surface area (Å²) in [5, 5.41) is 3.44. The van der Waals surface area contributed by atoms with Gasteiger partial charge in [-0.25, -0.2) is 0 Å². The highest BCUT2D eigenvalue weighted by molar-refractivity contribution is 7.99. The molecule has 1 aromatic rings. The van der Waals surface area contributed by atoms with Crippen molar-refractivity contribution >= 4 is 11.8 Å². The first-order valence-electron chi connectivity index (χ1n) is 7.35. The molecule has 0 saturated carbocycles. The van der Waals surface area contributed by atoms with E-state index in [1.165, 1.54) is 37.0 Å². The smallest absolute Gasteiger partial charge is 0.0576 e. The lowest BCUT2D eigenvalue weighted by atomic mass is 10.1. The van der Waals surface area contributed by atoms with E-state index in [1.807, 2.05) is 11.8 Å². The molecule has 19 heavy (non-hydrogen) atoms. The van der Waals surface area contributed by atoms with Crippen molar-refractivity contribution in [3.8, 4) is 0 Å². The van der Waals surface area contributed by atoms with E-state index >= 15 is 0 Å². The monoisotopic (exact) mass is 279 g/mol. The van der Waals surface area contributed by atoms with Crippen LogP contribution in [0.4, 0.5) is 0 Å². The van der Waals surface area contributed by atoms with Gasteiger partial charge in [0.1, 0.15) is 0 Å². The van der Waals surface area contributed by atoms with Crippen LogP contribution in [0.25, 0.3) is 0 Å². The molecule has 3 heteroatoms. The SMILES string of the molecule is CNC(CCCC1CCCO1)CSc1ccccc1. The van der Waals surface area contributed by atoms with Gasteiger partial charge in [0.2, 0.25) is 0 Å². The lowest BCUT2D eigenvalue weighted by Crippen LogP contribution is -2.27. The average molecular weight is 279 g/mol. The van der Waals surface area contributed by atoms with Crippen LogP contribution in [-0.4, -0.2) is 31.6 Å². The van der Waals surface area contributed by atoms with E-state index < -0.39 is 0 Å². The van der Waals surface area contributed by atoms with Gasteiger partial charge < -0.3 is 10.1 Å². The fourth-order valence-electron chi connectivity index (χ4n) is 2.49. The second kappa shape index (κ2) is 8.62. The van der Waals surface area contributed by atoms with Crippen molar-refractivity contribution in [1.29, 1.82) is 0 Å². The molecule has 0 aliphatic carbocycles. The zero-order valence-corrected chi connectivity index (χ0v) is 12.6. The van der Waals surface area contributed by atoms with Crippen LogP contribution in [0.1, 0.15) is 32.1 Å². The average Bonchev–Trinajstić information content (AvgIpc) is 2.97. The molecule has 1 heterocycles. The fourth-order valence-corrected chi connectivity index (χ4v) is 3.57. The number of benzene rings is 1. The molecular formula is C16H25NOS. The number of hydrogen-bond donors (Lipinski definition) is 1. The first kappa shape index (κ1) is 14.9. The zero-order valence-electron chi connectivity index (χ0n) is 11.8. The van der Waals surface area contributed by atoms with Crippen LogP contribution in [-0.2, 0) is 4.74 Å². The molecule has 0 aromatic heterocycles. The molecule has 0 radical (unpaired) electrons. The molecule has 0 spiro atoms. The van der Waals surface area contributed by atoms with E-state index in [-0.39, 0.29) is 0 Å². The Morgan fingerprint density at radius 2 is 2.21 bits per heavy atom. The molecule has 2 rings (SSSR count). The summed E-state index contributed by atoms with van der Waals surface area (Å²) >= 11 is 1.94. The molecule has 1 aliphatic heterocycles. The van der Waals surface area contributed by atoms with Crippen molar-refractivity contribution in [3.63, 3.8) is 0 Å². The minimum atomic E-state index is 0.541. The van der Waals surface area contributed by atoms with Crippen LogP contribution in [0.2, 0.25) is 0 Å². The molecule has 0 amide bonds. The van der Waals surface area contributed by atoms with Crippen LogP contribution < -0.4 is 5.32 Å². The summed E-state index contributed by atoms with van der Waals surface area (Å²) in [4.78, 5) is 1.36. The van der Waals surface area contributed by atoms with Crippen LogP contribution in [0, 0.1) is 0 Å². The summed E-state index contributed by atoms with van der Waals surface area (Å²) in [6.07, 6.45) is 6.81. The highest BCUT2D eigenvalue weighted by atomic mass is 32.2. The Labute approximate surface area is 121 Å². The lowest BCUT2D eigenvalue weighted by Gasteiger charge is -2.17. The van der Waals surface area contributed by atoms with Gasteiger partial charge in [-0.15, -0.1) is 11.8 Å². The maximum atomic E-state index is 5.67. The Balaban J connectivity index is 1.62. The Morgan fingerprint density at radius 3 is 2.89 bits per heavy atom. The van der Waals surface area contributed by atoms with E-state index in [1.54, 1.807) is 0 Å². The summed E-state index contributed by atoms with van der Waals surface area (Å²) in [6.45, 7) is 0.976. The molecule has 106 valence electrons. The third-order valence-electron chi connectivity index (χ3n) is 3.71. The second-order valence-electron chi connectivity index (χ2n) is 5.18. The van der Waals surface area contributed by atoms with Crippen molar-refractivity contribution < 1.29 is 4.74 Å².